The van der Waals surface area contributed by atoms with Crippen LogP contribution in [0.15, 0.2) is 67.0 Å². The molecule has 0 saturated carbocycles. The monoisotopic (exact) mass is 611 g/mol. The van der Waals surface area contributed by atoms with Gasteiger partial charge >= 0.3 is 12.1 Å². The van der Waals surface area contributed by atoms with E-state index >= 15 is 0 Å². The van der Waals surface area contributed by atoms with E-state index in [0.717, 1.165) is 17.1 Å². The number of ether oxygens (including phenoxy) is 2. The molecule has 1 aromatic carbocycles. The summed E-state index contributed by atoms with van der Waals surface area (Å²) < 4.78 is 10.5. The summed E-state index contributed by atoms with van der Waals surface area (Å²) in [4.78, 5) is 51.1. The topological polar surface area (TPSA) is 148 Å². The standard InChI is InChI=1S/C32H37N9O4/c1-21-7-6-8-25(35-21)29-33-15-13-26(38-29)37-27-14-16-34-30(39-27)36-22-9-11-23(12-10-22)41-18-17-40(31(43)45-32(2,3)4)20-24(41)19-28(42)44-5/h6-16,24H,17-20H2,1-5H3,(H2,33,34,36,37,38,39). The molecular weight excluding hydrogens is 574 g/mol. The quantitative estimate of drug-likeness (QED) is 0.255. The molecule has 234 valence electrons. The third kappa shape index (κ3) is 8.40. The number of nitrogens with zero attached hydrogens (tertiary/aromatic N) is 7. The van der Waals surface area contributed by atoms with Gasteiger partial charge < -0.3 is 29.9 Å². The Labute approximate surface area is 262 Å². The summed E-state index contributed by atoms with van der Waals surface area (Å²) in [5.41, 5.74) is 2.66. The van der Waals surface area contributed by atoms with Crippen LogP contribution in [0.5, 0.6) is 0 Å². The summed E-state index contributed by atoms with van der Waals surface area (Å²) >= 11 is 0. The lowest BCUT2D eigenvalue weighted by Crippen LogP contribution is -2.56. The SMILES string of the molecule is COC(=O)CC1CN(C(=O)OC(C)(C)C)CCN1c1ccc(Nc2nccc(Nc3ccnc(-c4cccc(C)n4)n3)n2)cc1. The Balaban J connectivity index is 1.25. The predicted molar refractivity (Wildman–Crippen MR) is 171 cm³/mol. The molecule has 4 aromatic rings. The predicted octanol–water partition coefficient (Wildman–Crippen LogP) is 5.11. The van der Waals surface area contributed by atoms with Crippen molar-refractivity contribution in [1.82, 2.24) is 29.8 Å². The van der Waals surface area contributed by atoms with E-state index < -0.39 is 11.7 Å². The van der Waals surface area contributed by atoms with E-state index in [9.17, 15) is 9.59 Å². The summed E-state index contributed by atoms with van der Waals surface area (Å²) in [5, 5.41) is 6.44. The van der Waals surface area contributed by atoms with Gasteiger partial charge in [0.1, 0.15) is 22.9 Å². The first kappa shape index (κ1) is 31.1. The zero-order valence-electron chi connectivity index (χ0n) is 26.0. The Hall–Kier alpha value is -5.33. The smallest absolute Gasteiger partial charge is 0.410 e. The maximum absolute atomic E-state index is 12.7. The maximum Gasteiger partial charge on any atom is 0.410 e. The van der Waals surface area contributed by atoms with Gasteiger partial charge in [-0.3, -0.25) is 4.79 Å². The number of rotatable bonds is 8. The lowest BCUT2D eigenvalue weighted by atomic mass is 10.1. The van der Waals surface area contributed by atoms with Gasteiger partial charge in [0.15, 0.2) is 5.82 Å². The molecule has 13 nitrogen and oxygen atoms in total. The van der Waals surface area contributed by atoms with Crippen molar-refractivity contribution in [2.24, 2.45) is 0 Å². The highest BCUT2D eigenvalue weighted by atomic mass is 16.6. The molecule has 4 heterocycles. The number of esters is 1. The number of piperazine rings is 1. The van der Waals surface area contributed by atoms with Crippen molar-refractivity contribution in [1.29, 1.82) is 0 Å². The number of aryl methyl sites for hydroxylation is 1. The second kappa shape index (κ2) is 13.5. The molecule has 1 unspecified atom stereocenters. The molecule has 1 saturated heterocycles. The van der Waals surface area contributed by atoms with Crippen molar-refractivity contribution in [2.75, 3.05) is 42.3 Å². The number of hydrogen-bond donors (Lipinski definition) is 2. The molecule has 0 bridgehead atoms. The lowest BCUT2D eigenvalue weighted by molar-refractivity contribution is -0.141. The highest BCUT2D eigenvalue weighted by Gasteiger charge is 2.33. The maximum atomic E-state index is 12.7. The number of hydrogen-bond acceptors (Lipinski definition) is 12. The van der Waals surface area contributed by atoms with E-state index in [2.05, 4.69) is 40.5 Å². The average molecular weight is 612 g/mol. The first-order valence-corrected chi connectivity index (χ1v) is 14.6. The first-order valence-electron chi connectivity index (χ1n) is 14.6. The average Bonchev–Trinajstić information content (AvgIpc) is 3.01. The Morgan fingerprint density at radius 3 is 2.36 bits per heavy atom. The van der Waals surface area contributed by atoms with E-state index in [-0.39, 0.29) is 18.4 Å². The van der Waals surface area contributed by atoms with Crippen LogP contribution >= 0.6 is 0 Å². The van der Waals surface area contributed by atoms with Crippen LogP contribution in [-0.2, 0) is 14.3 Å². The van der Waals surface area contributed by atoms with Crippen molar-refractivity contribution in [3.63, 3.8) is 0 Å². The fraction of sp³-hybridized carbons (Fsp3) is 0.344. The summed E-state index contributed by atoms with van der Waals surface area (Å²) in [5.74, 6) is 1.70. The Morgan fingerprint density at radius 2 is 1.64 bits per heavy atom. The summed E-state index contributed by atoms with van der Waals surface area (Å²) in [6.07, 6.45) is 3.07. The van der Waals surface area contributed by atoms with Gasteiger partial charge in [-0.15, -0.1) is 0 Å². The van der Waals surface area contributed by atoms with E-state index in [1.54, 1.807) is 29.4 Å². The van der Waals surface area contributed by atoms with Crippen molar-refractivity contribution >= 4 is 41.0 Å². The van der Waals surface area contributed by atoms with Crippen LogP contribution < -0.4 is 15.5 Å². The van der Waals surface area contributed by atoms with Crippen LogP contribution in [-0.4, -0.2) is 80.3 Å². The van der Waals surface area contributed by atoms with Gasteiger partial charge in [-0.1, -0.05) is 6.07 Å². The Kier molecular flexibility index (Phi) is 9.36. The van der Waals surface area contributed by atoms with Crippen LogP contribution in [0.25, 0.3) is 11.5 Å². The summed E-state index contributed by atoms with van der Waals surface area (Å²) in [6, 6.07) is 16.7. The molecule has 5 rings (SSSR count). The molecule has 3 aromatic heterocycles. The van der Waals surface area contributed by atoms with Crippen molar-refractivity contribution < 1.29 is 19.1 Å². The molecule has 1 amide bonds. The number of nitrogens with one attached hydrogen (secondary N) is 2. The van der Waals surface area contributed by atoms with E-state index in [4.69, 9.17) is 9.47 Å². The second-order valence-electron chi connectivity index (χ2n) is 11.5. The largest absolute Gasteiger partial charge is 0.469 e. The summed E-state index contributed by atoms with van der Waals surface area (Å²) in [7, 11) is 1.36. The molecule has 2 N–H and O–H groups in total. The fourth-order valence-electron chi connectivity index (χ4n) is 4.84. The molecule has 45 heavy (non-hydrogen) atoms. The number of methoxy groups -OCH3 is 1. The second-order valence-corrected chi connectivity index (χ2v) is 11.5. The highest BCUT2D eigenvalue weighted by molar-refractivity contribution is 5.73. The van der Waals surface area contributed by atoms with Crippen molar-refractivity contribution in [3.05, 3.63) is 72.7 Å². The number of anilines is 5. The molecule has 1 aliphatic heterocycles. The molecule has 1 fully saturated rings. The Bertz CT molecular complexity index is 1640. The number of benzene rings is 1. The molecule has 0 aliphatic carbocycles. The third-order valence-electron chi connectivity index (χ3n) is 6.90. The summed E-state index contributed by atoms with van der Waals surface area (Å²) in [6.45, 7) is 8.76. The minimum absolute atomic E-state index is 0.138. The minimum Gasteiger partial charge on any atom is -0.469 e. The third-order valence-corrected chi connectivity index (χ3v) is 6.90. The normalized spacial score (nSPS) is 14.9. The zero-order valence-corrected chi connectivity index (χ0v) is 26.0. The number of amides is 1. The zero-order chi connectivity index (χ0) is 32.0. The number of carbonyl (C=O) groups excluding carboxylic acids is 2. The van der Waals surface area contributed by atoms with Crippen LogP contribution in [0.4, 0.5) is 33.8 Å². The van der Waals surface area contributed by atoms with Crippen LogP contribution in [0.2, 0.25) is 0 Å². The number of aromatic nitrogens is 5. The molecular formula is C32H37N9O4. The number of carbonyl (C=O) groups is 2. The van der Waals surface area contributed by atoms with Crippen LogP contribution in [0.3, 0.4) is 0 Å². The van der Waals surface area contributed by atoms with Crippen LogP contribution in [0.1, 0.15) is 32.9 Å². The molecule has 0 radical (unpaired) electrons. The fourth-order valence-corrected chi connectivity index (χ4v) is 4.84. The minimum atomic E-state index is -0.604. The van der Waals surface area contributed by atoms with E-state index in [1.165, 1.54) is 7.11 Å². The molecule has 13 heteroatoms. The van der Waals surface area contributed by atoms with Gasteiger partial charge in [0.2, 0.25) is 5.95 Å². The number of pyridine rings is 1. The first-order chi connectivity index (χ1) is 21.6. The Morgan fingerprint density at radius 1 is 0.911 bits per heavy atom. The van der Waals surface area contributed by atoms with Gasteiger partial charge in [-0.25, -0.2) is 24.7 Å². The van der Waals surface area contributed by atoms with Gasteiger partial charge in [-0.05, 0) is 76.2 Å². The molecule has 0 spiro atoms. The van der Waals surface area contributed by atoms with Gasteiger partial charge in [0.05, 0.1) is 19.6 Å². The lowest BCUT2D eigenvalue weighted by Gasteiger charge is -2.42. The highest BCUT2D eigenvalue weighted by Crippen LogP contribution is 2.27. The molecule has 1 atom stereocenters. The van der Waals surface area contributed by atoms with Gasteiger partial charge in [-0.2, -0.15) is 4.98 Å². The van der Waals surface area contributed by atoms with Crippen molar-refractivity contribution in [3.8, 4) is 11.5 Å². The van der Waals surface area contributed by atoms with E-state index in [0.29, 0.717) is 48.7 Å². The van der Waals surface area contributed by atoms with Gasteiger partial charge in [0, 0.05) is 49.1 Å². The molecule has 1 aliphatic rings. The van der Waals surface area contributed by atoms with Gasteiger partial charge in [0.25, 0.3) is 0 Å². The van der Waals surface area contributed by atoms with Crippen molar-refractivity contribution in [2.45, 2.75) is 45.8 Å². The van der Waals surface area contributed by atoms with Crippen LogP contribution in [0, 0.1) is 6.92 Å². The van der Waals surface area contributed by atoms with E-state index in [1.807, 2.05) is 70.2 Å².